The van der Waals surface area contributed by atoms with Crippen molar-refractivity contribution in [3.63, 3.8) is 0 Å². The third-order valence-corrected chi connectivity index (χ3v) is 4.59. The molecule has 1 aromatic heterocycles. The quantitative estimate of drug-likeness (QED) is 0.590. The highest BCUT2D eigenvalue weighted by molar-refractivity contribution is 6.04. The Hall–Kier alpha value is -3.54. The molecule has 0 aliphatic heterocycles. The molecule has 0 saturated carbocycles. The van der Waals surface area contributed by atoms with Crippen LogP contribution < -0.4 is 10.6 Å². The molecule has 29 heavy (non-hydrogen) atoms. The molecule has 0 atom stereocenters. The van der Waals surface area contributed by atoms with E-state index in [4.69, 9.17) is 0 Å². The molecule has 2 aromatic carbocycles. The molecule has 6 nitrogen and oxygen atoms in total. The monoisotopic (exact) mass is 388 g/mol. The number of carbonyl (C=O) groups excluding carboxylic acids is 2. The summed E-state index contributed by atoms with van der Waals surface area (Å²) in [5.74, 6) is 0.657. The number of aromatic nitrogens is 2. The highest BCUT2D eigenvalue weighted by Gasteiger charge is 2.14. The second-order valence-corrected chi connectivity index (χ2v) is 6.86. The molecule has 1 heterocycles. The summed E-state index contributed by atoms with van der Waals surface area (Å²) in [5, 5.41) is 6.14. The van der Waals surface area contributed by atoms with Gasteiger partial charge in [-0.25, -0.2) is 9.97 Å². The number of nitrogens with one attached hydrogen (secondary N) is 2. The van der Waals surface area contributed by atoms with Crippen molar-refractivity contribution in [3.8, 4) is 0 Å². The van der Waals surface area contributed by atoms with Gasteiger partial charge < -0.3 is 10.6 Å². The lowest BCUT2D eigenvalue weighted by Crippen LogP contribution is -2.17. The lowest BCUT2D eigenvalue weighted by Gasteiger charge is -2.13. The Morgan fingerprint density at radius 2 is 1.76 bits per heavy atom. The number of aryl methyl sites for hydroxylation is 3. The summed E-state index contributed by atoms with van der Waals surface area (Å²) in [7, 11) is 0. The highest BCUT2D eigenvalue weighted by atomic mass is 16.2. The van der Waals surface area contributed by atoms with Crippen LogP contribution in [0.1, 0.15) is 51.6 Å². The van der Waals surface area contributed by atoms with Gasteiger partial charge in [0.15, 0.2) is 5.78 Å². The van der Waals surface area contributed by atoms with Crippen LogP contribution in [-0.2, 0) is 6.42 Å². The number of rotatable bonds is 6. The summed E-state index contributed by atoms with van der Waals surface area (Å²) >= 11 is 0. The van der Waals surface area contributed by atoms with Crippen LogP contribution >= 0.6 is 0 Å². The lowest BCUT2D eigenvalue weighted by molar-refractivity contribution is 0.101. The number of hydrogen-bond acceptors (Lipinski definition) is 5. The first-order chi connectivity index (χ1) is 13.9. The van der Waals surface area contributed by atoms with E-state index in [1.54, 1.807) is 31.2 Å². The molecule has 0 radical (unpaired) electrons. The van der Waals surface area contributed by atoms with E-state index in [1.165, 1.54) is 6.92 Å². The van der Waals surface area contributed by atoms with Crippen molar-refractivity contribution in [1.29, 1.82) is 0 Å². The number of amides is 1. The lowest BCUT2D eigenvalue weighted by atomic mass is 10.1. The summed E-state index contributed by atoms with van der Waals surface area (Å²) in [6.45, 7) is 7.27. The maximum atomic E-state index is 12.9. The zero-order valence-electron chi connectivity index (χ0n) is 17.0. The van der Waals surface area contributed by atoms with Crippen molar-refractivity contribution < 1.29 is 9.59 Å². The minimum atomic E-state index is -0.292. The van der Waals surface area contributed by atoms with Crippen LogP contribution in [0.3, 0.4) is 0 Å². The molecular formula is C23H24N4O2. The average Bonchev–Trinajstić information content (AvgIpc) is 2.69. The van der Waals surface area contributed by atoms with Crippen molar-refractivity contribution in [2.24, 2.45) is 0 Å². The molecule has 0 saturated heterocycles. The van der Waals surface area contributed by atoms with Crippen molar-refractivity contribution in [2.45, 2.75) is 34.1 Å². The molecule has 0 aliphatic carbocycles. The van der Waals surface area contributed by atoms with Gasteiger partial charge in [0.2, 0.25) is 0 Å². The molecule has 3 rings (SSSR count). The first-order valence-corrected chi connectivity index (χ1v) is 9.51. The Kier molecular flexibility index (Phi) is 6.02. The van der Waals surface area contributed by atoms with Crippen LogP contribution in [0.15, 0.2) is 48.5 Å². The molecule has 2 N–H and O–H groups in total. The number of benzene rings is 2. The van der Waals surface area contributed by atoms with E-state index in [9.17, 15) is 9.59 Å². The summed E-state index contributed by atoms with van der Waals surface area (Å²) in [5.41, 5.74) is 4.49. The summed E-state index contributed by atoms with van der Waals surface area (Å²) in [4.78, 5) is 33.1. The van der Waals surface area contributed by atoms with E-state index < -0.39 is 0 Å². The highest BCUT2D eigenvalue weighted by Crippen LogP contribution is 2.22. The number of hydrogen-bond donors (Lipinski definition) is 2. The predicted molar refractivity (Wildman–Crippen MR) is 115 cm³/mol. The van der Waals surface area contributed by atoms with Gasteiger partial charge in [-0.05, 0) is 50.5 Å². The number of anilines is 3. The third-order valence-electron chi connectivity index (χ3n) is 4.59. The van der Waals surface area contributed by atoms with Crippen LogP contribution in [0.25, 0.3) is 0 Å². The zero-order chi connectivity index (χ0) is 21.0. The number of nitrogens with zero attached hydrogens (tertiary/aromatic N) is 2. The van der Waals surface area contributed by atoms with E-state index in [0.29, 0.717) is 22.9 Å². The third kappa shape index (κ3) is 4.85. The SMILES string of the molecule is CCc1cccc(C)c1NC(=O)c1cc(Nc2cccc(C(C)=O)c2)nc(C)n1. The molecule has 148 valence electrons. The van der Waals surface area contributed by atoms with Gasteiger partial charge in [-0.1, -0.05) is 37.3 Å². The normalized spacial score (nSPS) is 10.5. The second kappa shape index (κ2) is 8.65. The van der Waals surface area contributed by atoms with Gasteiger partial charge in [0.1, 0.15) is 17.3 Å². The topological polar surface area (TPSA) is 84.0 Å². The second-order valence-electron chi connectivity index (χ2n) is 6.86. The molecule has 0 aliphatic rings. The largest absolute Gasteiger partial charge is 0.340 e. The minimum Gasteiger partial charge on any atom is -0.340 e. The maximum Gasteiger partial charge on any atom is 0.274 e. The van der Waals surface area contributed by atoms with Crippen molar-refractivity contribution in [3.05, 3.63) is 76.7 Å². The molecule has 0 unspecified atom stereocenters. The summed E-state index contributed by atoms with van der Waals surface area (Å²) < 4.78 is 0. The van der Waals surface area contributed by atoms with Crippen LogP contribution in [0, 0.1) is 13.8 Å². The molecule has 0 spiro atoms. The minimum absolute atomic E-state index is 0.0162. The van der Waals surface area contributed by atoms with Crippen LogP contribution in [0.2, 0.25) is 0 Å². The molecule has 3 aromatic rings. The van der Waals surface area contributed by atoms with Gasteiger partial charge in [-0.2, -0.15) is 0 Å². The van der Waals surface area contributed by atoms with Crippen LogP contribution in [0.4, 0.5) is 17.2 Å². The van der Waals surface area contributed by atoms with E-state index in [-0.39, 0.29) is 17.4 Å². The number of Topliss-reactive ketones (excluding diaryl/α,β-unsaturated/α-hetero) is 1. The van der Waals surface area contributed by atoms with Gasteiger partial charge in [0, 0.05) is 23.0 Å². The number of carbonyl (C=O) groups is 2. The smallest absolute Gasteiger partial charge is 0.274 e. The molecular weight excluding hydrogens is 364 g/mol. The first kappa shape index (κ1) is 20.2. The van der Waals surface area contributed by atoms with Gasteiger partial charge in [-0.15, -0.1) is 0 Å². The van der Waals surface area contributed by atoms with E-state index in [2.05, 4.69) is 27.5 Å². The predicted octanol–water partition coefficient (Wildman–Crippen LogP) is 4.85. The summed E-state index contributed by atoms with van der Waals surface area (Å²) in [6.07, 6.45) is 0.819. The Balaban J connectivity index is 1.87. The fraction of sp³-hybridized carbons (Fsp3) is 0.217. The Labute approximate surface area is 170 Å². The average molecular weight is 388 g/mol. The molecule has 1 amide bonds. The Morgan fingerprint density at radius 1 is 1.00 bits per heavy atom. The Morgan fingerprint density at radius 3 is 2.48 bits per heavy atom. The van der Waals surface area contributed by atoms with Crippen molar-refractivity contribution in [1.82, 2.24) is 9.97 Å². The van der Waals surface area contributed by atoms with Gasteiger partial charge >= 0.3 is 0 Å². The molecule has 6 heteroatoms. The maximum absolute atomic E-state index is 12.9. The van der Waals surface area contributed by atoms with Crippen molar-refractivity contribution in [2.75, 3.05) is 10.6 Å². The molecule has 0 fully saturated rings. The van der Waals surface area contributed by atoms with Gasteiger partial charge in [0.05, 0.1) is 0 Å². The molecule has 0 bridgehead atoms. The fourth-order valence-electron chi connectivity index (χ4n) is 3.09. The van der Waals surface area contributed by atoms with E-state index in [1.807, 2.05) is 31.2 Å². The zero-order valence-corrected chi connectivity index (χ0v) is 17.0. The van der Waals surface area contributed by atoms with E-state index >= 15 is 0 Å². The standard InChI is InChI=1S/C23H24N4O2/c1-5-17-9-6-8-14(2)22(17)27-23(29)20-13-21(25-16(4)24-20)26-19-11-7-10-18(12-19)15(3)28/h6-13H,5H2,1-4H3,(H,27,29)(H,24,25,26). The van der Waals surface area contributed by atoms with E-state index in [0.717, 1.165) is 23.2 Å². The fourth-order valence-corrected chi connectivity index (χ4v) is 3.09. The van der Waals surface area contributed by atoms with Crippen LogP contribution in [0.5, 0.6) is 0 Å². The number of para-hydroxylation sites is 1. The first-order valence-electron chi connectivity index (χ1n) is 9.51. The number of ketones is 1. The summed E-state index contributed by atoms with van der Waals surface area (Å²) in [6, 6.07) is 14.7. The van der Waals surface area contributed by atoms with Gasteiger partial charge in [-0.3, -0.25) is 9.59 Å². The Bertz CT molecular complexity index is 1080. The van der Waals surface area contributed by atoms with Crippen LogP contribution in [-0.4, -0.2) is 21.7 Å². The van der Waals surface area contributed by atoms with Crippen molar-refractivity contribution >= 4 is 28.9 Å². The van der Waals surface area contributed by atoms with Gasteiger partial charge in [0.25, 0.3) is 5.91 Å².